The van der Waals surface area contributed by atoms with E-state index >= 15 is 0 Å². The Morgan fingerprint density at radius 1 is 0.947 bits per heavy atom. The van der Waals surface area contributed by atoms with Crippen molar-refractivity contribution in [1.29, 1.82) is 0 Å². The SMILES string of the molecule is CCOC(=O)Oc1ccc(C(=O)N2CCC(NC(=O)c3ccc4c(c3)C(=O)N(CC(C)C)C4=O)CC2)cc1. The third-order valence-corrected chi connectivity index (χ3v) is 6.46. The molecule has 0 saturated carbocycles. The van der Waals surface area contributed by atoms with Crippen molar-refractivity contribution in [3.8, 4) is 5.75 Å². The van der Waals surface area contributed by atoms with Gasteiger partial charge in [0.05, 0.1) is 17.7 Å². The average molecular weight is 522 g/mol. The van der Waals surface area contributed by atoms with Crippen LogP contribution in [0.2, 0.25) is 0 Å². The number of nitrogens with one attached hydrogen (secondary N) is 1. The van der Waals surface area contributed by atoms with E-state index in [2.05, 4.69) is 5.32 Å². The van der Waals surface area contributed by atoms with E-state index in [1.54, 1.807) is 30.0 Å². The van der Waals surface area contributed by atoms with Crippen molar-refractivity contribution in [2.75, 3.05) is 26.2 Å². The van der Waals surface area contributed by atoms with Gasteiger partial charge < -0.3 is 19.7 Å². The lowest BCUT2D eigenvalue weighted by Gasteiger charge is -2.32. The molecule has 10 heteroatoms. The van der Waals surface area contributed by atoms with Crippen LogP contribution >= 0.6 is 0 Å². The highest BCUT2D eigenvalue weighted by Crippen LogP contribution is 2.25. The lowest BCUT2D eigenvalue weighted by Crippen LogP contribution is -2.46. The van der Waals surface area contributed by atoms with E-state index in [-0.39, 0.29) is 53.5 Å². The van der Waals surface area contributed by atoms with E-state index in [9.17, 15) is 24.0 Å². The van der Waals surface area contributed by atoms with Crippen molar-refractivity contribution in [2.45, 2.75) is 39.7 Å². The average Bonchev–Trinajstić information content (AvgIpc) is 3.13. The number of carbonyl (C=O) groups excluding carboxylic acids is 5. The lowest BCUT2D eigenvalue weighted by molar-refractivity contribution is 0.0633. The molecule has 0 radical (unpaired) electrons. The Kier molecular flexibility index (Phi) is 8.09. The fraction of sp³-hybridized carbons (Fsp3) is 0.393. The molecular weight excluding hydrogens is 490 g/mol. The number of likely N-dealkylation sites (tertiary alicyclic amines) is 1. The summed E-state index contributed by atoms with van der Waals surface area (Å²) in [6.07, 6.45) is 0.349. The van der Waals surface area contributed by atoms with Gasteiger partial charge in [-0.05, 0) is 68.1 Å². The van der Waals surface area contributed by atoms with Gasteiger partial charge in [-0.1, -0.05) is 13.8 Å². The zero-order valence-electron chi connectivity index (χ0n) is 21.7. The van der Waals surface area contributed by atoms with Crippen LogP contribution in [0, 0.1) is 5.92 Å². The van der Waals surface area contributed by atoms with Crippen molar-refractivity contribution in [3.05, 3.63) is 64.7 Å². The first-order valence-corrected chi connectivity index (χ1v) is 12.7. The zero-order chi connectivity index (χ0) is 27.4. The minimum Gasteiger partial charge on any atom is -0.434 e. The molecule has 10 nitrogen and oxygen atoms in total. The van der Waals surface area contributed by atoms with Crippen molar-refractivity contribution in [1.82, 2.24) is 15.1 Å². The summed E-state index contributed by atoms with van der Waals surface area (Å²) in [5, 5.41) is 2.98. The smallest absolute Gasteiger partial charge is 0.434 e. The Hall–Kier alpha value is -4.21. The summed E-state index contributed by atoms with van der Waals surface area (Å²) in [5.74, 6) is -0.749. The third-order valence-electron chi connectivity index (χ3n) is 6.46. The molecular formula is C28H31N3O7. The standard InChI is InChI=1S/C28H31N3O7/c1-4-37-28(36)38-21-8-5-18(6-9-21)25(33)30-13-11-20(12-14-30)29-24(32)19-7-10-22-23(15-19)27(35)31(26(22)34)16-17(2)3/h5-10,15,17,20H,4,11-14,16H2,1-3H3,(H,29,32). The second-order valence-electron chi connectivity index (χ2n) is 9.72. The van der Waals surface area contributed by atoms with Crippen LogP contribution in [-0.2, 0) is 4.74 Å². The summed E-state index contributed by atoms with van der Waals surface area (Å²) in [6, 6.07) is 10.7. The Morgan fingerprint density at radius 2 is 1.58 bits per heavy atom. The Bertz CT molecular complexity index is 1250. The van der Waals surface area contributed by atoms with Gasteiger partial charge in [-0.25, -0.2) is 4.79 Å². The van der Waals surface area contributed by atoms with Gasteiger partial charge in [0.2, 0.25) is 0 Å². The maximum Gasteiger partial charge on any atom is 0.513 e. The number of piperidine rings is 1. The number of amides is 4. The van der Waals surface area contributed by atoms with Gasteiger partial charge in [-0.15, -0.1) is 0 Å². The van der Waals surface area contributed by atoms with Crippen LogP contribution in [0.1, 0.15) is 75.0 Å². The first-order valence-electron chi connectivity index (χ1n) is 12.7. The first kappa shape index (κ1) is 26.8. The molecule has 2 aliphatic heterocycles. The van der Waals surface area contributed by atoms with Crippen LogP contribution in [0.5, 0.6) is 5.75 Å². The summed E-state index contributed by atoms with van der Waals surface area (Å²) in [6.45, 7) is 7.00. The molecule has 38 heavy (non-hydrogen) atoms. The summed E-state index contributed by atoms with van der Waals surface area (Å²) in [5.41, 5.74) is 1.36. The second-order valence-corrected chi connectivity index (χ2v) is 9.72. The maximum atomic E-state index is 12.9. The summed E-state index contributed by atoms with van der Waals surface area (Å²) >= 11 is 0. The van der Waals surface area contributed by atoms with Crippen molar-refractivity contribution >= 4 is 29.8 Å². The quantitative estimate of drug-likeness (QED) is 0.336. The van der Waals surface area contributed by atoms with Crippen LogP contribution < -0.4 is 10.1 Å². The van der Waals surface area contributed by atoms with Crippen LogP contribution in [0.25, 0.3) is 0 Å². The van der Waals surface area contributed by atoms with E-state index in [1.165, 1.54) is 29.2 Å². The minimum absolute atomic E-state index is 0.130. The van der Waals surface area contributed by atoms with Gasteiger partial charge >= 0.3 is 6.16 Å². The zero-order valence-corrected chi connectivity index (χ0v) is 21.7. The fourth-order valence-corrected chi connectivity index (χ4v) is 4.55. The van der Waals surface area contributed by atoms with E-state index in [0.29, 0.717) is 49.2 Å². The molecule has 2 aromatic carbocycles. The van der Waals surface area contributed by atoms with E-state index < -0.39 is 6.16 Å². The van der Waals surface area contributed by atoms with Crippen molar-refractivity contribution in [2.24, 2.45) is 5.92 Å². The number of hydrogen-bond donors (Lipinski definition) is 1. The van der Waals surface area contributed by atoms with Gasteiger partial charge in [0.1, 0.15) is 5.75 Å². The molecule has 0 aromatic heterocycles. The summed E-state index contributed by atoms with van der Waals surface area (Å²) < 4.78 is 9.75. The van der Waals surface area contributed by atoms with Gasteiger partial charge in [-0.2, -0.15) is 0 Å². The first-order chi connectivity index (χ1) is 18.2. The number of ether oxygens (including phenoxy) is 2. The fourth-order valence-electron chi connectivity index (χ4n) is 4.55. The second kappa shape index (κ2) is 11.5. The van der Waals surface area contributed by atoms with Crippen LogP contribution in [0.4, 0.5) is 4.79 Å². The monoisotopic (exact) mass is 521 g/mol. The largest absolute Gasteiger partial charge is 0.513 e. The molecule has 200 valence electrons. The van der Waals surface area contributed by atoms with E-state index in [4.69, 9.17) is 9.47 Å². The molecule has 2 aliphatic rings. The molecule has 2 heterocycles. The molecule has 0 atom stereocenters. The van der Waals surface area contributed by atoms with Crippen molar-refractivity contribution < 1.29 is 33.4 Å². The topological polar surface area (TPSA) is 122 Å². The number of nitrogens with zero attached hydrogens (tertiary/aromatic N) is 2. The highest BCUT2D eigenvalue weighted by Gasteiger charge is 2.36. The molecule has 2 aromatic rings. The highest BCUT2D eigenvalue weighted by atomic mass is 16.7. The number of hydrogen-bond acceptors (Lipinski definition) is 7. The minimum atomic E-state index is -0.802. The molecule has 4 amide bonds. The predicted molar refractivity (Wildman–Crippen MR) is 137 cm³/mol. The molecule has 1 N–H and O–H groups in total. The summed E-state index contributed by atoms with van der Waals surface area (Å²) in [7, 11) is 0. The Labute approximate surface area is 220 Å². The number of imide groups is 1. The number of fused-ring (bicyclic) bond motifs is 1. The Morgan fingerprint density at radius 3 is 2.21 bits per heavy atom. The predicted octanol–water partition coefficient (Wildman–Crippen LogP) is 3.51. The van der Waals surface area contributed by atoms with Gasteiger partial charge in [0.15, 0.2) is 0 Å². The van der Waals surface area contributed by atoms with Gasteiger partial charge in [-0.3, -0.25) is 24.1 Å². The molecule has 0 unspecified atom stereocenters. The van der Waals surface area contributed by atoms with Crippen LogP contribution in [0.15, 0.2) is 42.5 Å². The number of benzene rings is 2. The Balaban J connectivity index is 1.31. The number of carbonyl (C=O) groups is 5. The molecule has 1 saturated heterocycles. The summed E-state index contributed by atoms with van der Waals surface area (Å²) in [4.78, 5) is 65.4. The molecule has 4 rings (SSSR count). The van der Waals surface area contributed by atoms with E-state index in [0.717, 1.165) is 0 Å². The highest BCUT2D eigenvalue weighted by molar-refractivity contribution is 6.22. The number of rotatable bonds is 7. The maximum absolute atomic E-state index is 12.9. The van der Waals surface area contributed by atoms with E-state index in [1.807, 2.05) is 13.8 Å². The molecule has 1 fully saturated rings. The third kappa shape index (κ3) is 5.85. The molecule has 0 aliphatic carbocycles. The van der Waals surface area contributed by atoms with Crippen LogP contribution in [0.3, 0.4) is 0 Å². The van der Waals surface area contributed by atoms with Crippen molar-refractivity contribution in [3.63, 3.8) is 0 Å². The van der Waals surface area contributed by atoms with Gasteiger partial charge in [0.25, 0.3) is 23.6 Å². The van der Waals surface area contributed by atoms with Crippen LogP contribution in [-0.4, -0.2) is 71.9 Å². The van der Waals surface area contributed by atoms with Gasteiger partial charge in [0, 0.05) is 36.8 Å². The molecule has 0 bridgehead atoms. The normalized spacial score (nSPS) is 15.5. The lowest BCUT2D eigenvalue weighted by atomic mass is 10.0. The molecule has 0 spiro atoms.